The molecule has 1 aromatic carbocycles. The number of hydrogen-bond acceptors (Lipinski definition) is 3. The lowest BCUT2D eigenvalue weighted by atomic mass is 9.99. The molecule has 1 fully saturated rings. The van der Waals surface area contributed by atoms with Gasteiger partial charge in [0.05, 0.1) is 0 Å². The van der Waals surface area contributed by atoms with Crippen LogP contribution in [0.2, 0.25) is 0 Å². The van der Waals surface area contributed by atoms with E-state index in [-0.39, 0.29) is 24.0 Å². The van der Waals surface area contributed by atoms with Crippen LogP contribution >= 0.6 is 24.0 Å². The third-order valence-corrected chi connectivity index (χ3v) is 5.52. The highest BCUT2D eigenvalue weighted by Gasteiger charge is 2.14. The van der Waals surface area contributed by atoms with E-state index in [9.17, 15) is 0 Å². The fraction of sp³-hybridized carbons (Fsp3) is 0.682. The Bertz CT molecular complexity index is 570. The number of aryl methyl sites for hydroxylation is 1. The number of aliphatic imine (C=N–C) groups is 1. The van der Waals surface area contributed by atoms with Crippen molar-refractivity contribution in [1.82, 2.24) is 20.4 Å². The number of rotatable bonds is 9. The van der Waals surface area contributed by atoms with Crippen molar-refractivity contribution in [2.24, 2.45) is 4.99 Å². The van der Waals surface area contributed by atoms with E-state index in [2.05, 4.69) is 70.5 Å². The van der Waals surface area contributed by atoms with E-state index >= 15 is 0 Å². The number of hydrogen-bond donors (Lipinski definition) is 2. The molecule has 1 aliphatic rings. The number of benzene rings is 1. The summed E-state index contributed by atoms with van der Waals surface area (Å²) in [6, 6.07) is 8.75. The number of guanidine groups is 1. The summed E-state index contributed by atoms with van der Waals surface area (Å²) < 4.78 is 0. The van der Waals surface area contributed by atoms with Crippen LogP contribution in [0.15, 0.2) is 29.3 Å². The molecular weight excluding hydrogens is 461 g/mol. The number of likely N-dealkylation sites (N-methyl/N-ethyl adjacent to an activating group) is 1. The lowest BCUT2D eigenvalue weighted by Gasteiger charge is -2.34. The summed E-state index contributed by atoms with van der Waals surface area (Å²) in [7, 11) is 1.85. The molecule has 2 N–H and O–H groups in total. The molecule has 160 valence electrons. The van der Waals surface area contributed by atoms with Crippen molar-refractivity contribution in [1.29, 1.82) is 0 Å². The van der Waals surface area contributed by atoms with Crippen molar-refractivity contribution < 1.29 is 0 Å². The van der Waals surface area contributed by atoms with Crippen LogP contribution in [0.25, 0.3) is 0 Å². The number of nitrogens with one attached hydrogen (secondary N) is 2. The van der Waals surface area contributed by atoms with Crippen LogP contribution in [-0.2, 0) is 0 Å². The second-order valence-electron chi connectivity index (χ2n) is 7.68. The zero-order chi connectivity index (χ0) is 19.5. The van der Waals surface area contributed by atoms with Gasteiger partial charge in [0, 0.05) is 46.3 Å². The molecule has 1 heterocycles. The van der Waals surface area contributed by atoms with Gasteiger partial charge >= 0.3 is 0 Å². The molecule has 2 rings (SSSR count). The molecule has 1 atom stereocenters. The summed E-state index contributed by atoms with van der Waals surface area (Å²) in [6.07, 6.45) is 2.43. The minimum Gasteiger partial charge on any atom is -0.356 e. The first-order valence-corrected chi connectivity index (χ1v) is 10.6. The highest BCUT2D eigenvalue weighted by molar-refractivity contribution is 14.0. The predicted molar refractivity (Wildman–Crippen MR) is 132 cm³/mol. The molecule has 1 aromatic rings. The van der Waals surface area contributed by atoms with Crippen molar-refractivity contribution in [3.05, 3.63) is 35.4 Å². The molecule has 1 aliphatic heterocycles. The molecule has 0 aromatic heterocycles. The zero-order valence-electron chi connectivity index (χ0n) is 18.2. The van der Waals surface area contributed by atoms with Gasteiger partial charge in [-0.25, -0.2) is 0 Å². The van der Waals surface area contributed by atoms with Gasteiger partial charge in [0.1, 0.15) is 0 Å². The topological polar surface area (TPSA) is 42.9 Å². The standard InChI is InChI=1S/C22H39N5.HI/c1-5-26-13-15-27(16-14-26)12-7-6-11-24-22(23-4)25-18-20(3)21-10-8-9-19(2)17-21;/h8-10,17,20H,5-7,11-16,18H2,1-4H3,(H2,23,24,25);1H. The molecule has 0 aliphatic carbocycles. The van der Waals surface area contributed by atoms with Crippen molar-refractivity contribution in [3.8, 4) is 0 Å². The Morgan fingerprint density at radius 2 is 1.82 bits per heavy atom. The minimum absolute atomic E-state index is 0. The third kappa shape index (κ3) is 9.09. The average Bonchev–Trinajstić information content (AvgIpc) is 2.70. The summed E-state index contributed by atoms with van der Waals surface area (Å²) >= 11 is 0. The van der Waals surface area contributed by atoms with Crippen molar-refractivity contribution in [3.63, 3.8) is 0 Å². The Morgan fingerprint density at radius 1 is 1.11 bits per heavy atom. The maximum atomic E-state index is 4.35. The molecule has 6 heteroatoms. The van der Waals surface area contributed by atoms with Gasteiger partial charge in [0.25, 0.3) is 0 Å². The molecule has 0 radical (unpaired) electrons. The summed E-state index contributed by atoms with van der Waals surface area (Å²) in [4.78, 5) is 9.49. The van der Waals surface area contributed by atoms with Crippen molar-refractivity contribution >= 4 is 29.9 Å². The van der Waals surface area contributed by atoms with Crippen LogP contribution in [-0.4, -0.2) is 75.2 Å². The molecule has 0 amide bonds. The lowest BCUT2D eigenvalue weighted by Crippen LogP contribution is -2.46. The summed E-state index contributed by atoms with van der Waals surface area (Å²) in [5.74, 6) is 1.37. The van der Waals surface area contributed by atoms with E-state index in [0.717, 1.165) is 19.0 Å². The summed E-state index contributed by atoms with van der Waals surface area (Å²) in [5, 5.41) is 6.92. The molecule has 5 nitrogen and oxygen atoms in total. The Labute approximate surface area is 189 Å². The van der Waals surface area contributed by atoms with Crippen LogP contribution in [0.5, 0.6) is 0 Å². The Morgan fingerprint density at radius 3 is 2.46 bits per heavy atom. The minimum atomic E-state index is 0. The normalized spacial score (nSPS) is 17.1. The number of nitrogens with zero attached hydrogens (tertiary/aromatic N) is 3. The van der Waals surface area contributed by atoms with Gasteiger partial charge in [-0.15, -0.1) is 24.0 Å². The fourth-order valence-corrected chi connectivity index (χ4v) is 3.56. The zero-order valence-corrected chi connectivity index (χ0v) is 20.5. The maximum Gasteiger partial charge on any atom is 0.190 e. The quantitative estimate of drug-likeness (QED) is 0.236. The Kier molecular flexibility index (Phi) is 12.7. The van der Waals surface area contributed by atoms with Gasteiger partial charge in [-0.05, 0) is 44.3 Å². The van der Waals surface area contributed by atoms with E-state index in [1.165, 1.54) is 63.2 Å². The second kappa shape index (κ2) is 14.2. The number of halogens is 1. The number of piperazine rings is 1. The van der Waals surface area contributed by atoms with Gasteiger partial charge in [0.2, 0.25) is 0 Å². The third-order valence-electron chi connectivity index (χ3n) is 5.52. The first-order valence-electron chi connectivity index (χ1n) is 10.6. The van der Waals surface area contributed by atoms with E-state index < -0.39 is 0 Å². The predicted octanol–water partition coefficient (Wildman–Crippen LogP) is 3.30. The molecule has 28 heavy (non-hydrogen) atoms. The Balaban J connectivity index is 0.00000392. The van der Waals surface area contributed by atoms with Crippen LogP contribution in [0, 0.1) is 6.92 Å². The molecule has 0 saturated carbocycles. The van der Waals surface area contributed by atoms with E-state index in [1.807, 2.05) is 7.05 Å². The monoisotopic (exact) mass is 501 g/mol. The van der Waals surface area contributed by atoms with E-state index in [4.69, 9.17) is 0 Å². The largest absolute Gasteiger partial charge is 0.356 e. The van der Waals surface area contributed by atoms with Gasteiger partial charge in [-0.3, -0.25) is 4.99 Å². The molecule has 0 spiro atoms. The second-order valence-corrected chi connectivity index (χ2v) is 7.68. The molecule has 1 saturated heterocycles. The van der Waals surface area contributed by atoms with Crippen molar-refractivity contribution in [2.45, 2.75) is 39.5 Å². The summed E-state index contributed by atoms with van der Waals surface area (Å²) in [6.45, 7) is 15.8. The lowest BCUT2D eigenvalue weighted by molar-refractivity contribution is 0.136. The highest BCUT2D eigenvalue weighted by Crippen LogP contribution is 2.15. The van der Waals surface area contributed by atoms with Crippen LogP contribution in [0.1, 0.15) is 43.7 Å². The first kappa shape index (κ1) is 25.2. The average molecular weight is 502 g/mol. The van der Waals surface area contributed by atoms with Crippen molar-refractivity contribution in [2.75, 3.05) is 59.4 Å². The maximum absolute atomic E-state index is 4.35. The van der Waals surface area contributed by atoms with Crippen LogP contribution in [0.3, 0.4) is 0 Å². The van der Waals surface area contributed by atoms with Crippen LogP contribution < -0.4 is 10.6 Å². The molecule has 0 bridgehead atoms. The van der Waals surface area contributed by atoms with Gasteiger partial charge in [0.15, 0.2) is 5.96 Å². The van der Waals surface area contributed by atoms with E-state index in [0.29, 0.717) is 5.92 Å². The molecular formula is C22H40IN5. The van der Waals surface area contributed by atoms with E-state index in [1.54, 1.807) is 0 Å². The van der Waals surface area contributed by atoms with Gasteiger partial charge < -0.3 is 20.4 Å². The Hall–Kier alpha value is -0.860. The SMILES string of the molecule is CCN1CCN(CCCCNC(=NC)NCC(C)c2cccc(C)c2)CC1.I. The highest BCUT2D eigenvalue weighted by atomic mass is 127. The fourth-order valence-electron chi connectivity index (χ4n) is 3.56. The van der Waals surface area contributed by atoms with Gasteiger partial charge in [-0.1, -0.05) is 43.7 Å². The smallest absolute Gasteiger partial charge is 0.190 e. The molecule has 1 unspecified atom stereocenters. The van der Waals surface area contributed by atoms with Gasteiger partial charge in [-0.2, -0.15) is 0 Å². The van der Waals surface area contributed by atoms with Crippen LogP contribution in [0.4, 0.5) is 0 Å². The summed E-state index contributed by atoms with van der Waals surface area (Å²) in [5.41, 5.74) is 2.69. The first-order chi connectivity index (χ1) is 13.1. The number of unbranched alkanes of at least 4 members (excludes halogenated alkanes) is 1.